The lowest BCUT2D eigenvalue weighted by Crippen LogP contribution is -2.39. The molecule has 15 heavy (non-hydrogen) atoms. The van der Waals surface area contributed by atoms with E-state index in [1.165, 1.54) is 0 Å². The molecule has 0 radical (unpaired) electrons. The molecule has 0 spiro atoms. The lowest BCUT2D eigenvalue weighted by Gasteiger charge is -2.30. The fraction of sp³-hybridized carbons (Fsp3) is 0.364. The number of benzene rings is 1. The van der Waals surface area contributed by atoms with E-state index in [1.54, 1.807) is 11.9 Å². The number of hydrogen-bond acceptors (Lipinski definition) is 3. The lowest BCUT2D eigenvalue weighted by atomic mass is 9.91. The summed E-state index contributed by atoms with van der Waals surface area (Å²) in [4.78, 5) is 12.9. The standard InChI is InChI=1S/C11H14N2O2/c1-11(7-15-10(14)13(11)2)8-5-3-4-6-9(8)12/h3-6H,7,12H2,1-2H3. The summed E-state index contributed by atoms with van der Waals surface area (Å²) >= 11 is 0. The highest BCUT2D eigenvalue weighted by molar-refractivity contribution is 5.72. The van der Waals surface area contributed by atoms with E-state index < -0.39 is 5.54 Å². The predicted octanol–water partition coefficient (Wildman–Crippen LogP) is 1.57. The van der Waals surface area contributed by atoms with Gasteiger partial charge < -0.3 is 10.5 Å². The van der Waals surface area contributed by atoms with Gasteiger partial charge in [-0.3, -0.25) is 4.90 Å². The molecule has 2 rings (SSSR count). The molecule has 1 aromatic carbocycles. The Kier molecular flexibility index (Phi) is 2.07. The highest BCUT2D eigenvalue weighted by Gasteiger charge is 2.43. The van der Waals surface area contributed by atoms with E-state index in [9.17, 15) is 4.79 Å². The summed E-state index contributed by atoms with van der Waals surface area (Å²) in [6.45, 7) is 2.29. The van der Waals surface area contributed by atoms with Gasteiger partial charge in [-0.1, -0.05) is 18.2 Å². The number of ether oxygens (including phenoxy) is 1. The molecular formula is C11H14N2O2. The van der Waals surface area contributed by atoms with Crippen LogP contribution in [0.3, 0.4) is 0 Å². The Hall–Kier alpha value is -1.71. The average molecular weight is 206 g/mol. The van der Waals surface area contributed by atoms with Crippen molar-refractivity contribution in [2.24, 2.45) is 0 Å². The van der Waals surface area contributed by atoms with E-state index >= 15 is 0 Å². The summed E-state index contributed by atoms with van der Waals surface area (Å²) in [6, 6.07) is 7.54. The van der Waals surface area contributed by atoms with Crippen LogP contribution in [-0.2, 0) is 10.3 Å². The van der Waals surface area contributed by atoms with E-state index in [2.05, 4.69) is 0 Å². The summed E-state index contributed by atoms with van der Waals surface area (Å²) < 4.78 is 5.02. The molecule has 1 unspecified atom stereocenters. The van der Waals surface area contributed by atoms with Crippen LogP contribution in [0, 0.1) is 0 Å². The van der Waals surface area contributed by atoms with Gasteiger partial charge in [0.05, 0.1) is 0 Å². The van der Waals surface area contributed by atoms with Crippen molar-refractivity contribution in [3.63, 3.8) is 0 Å². The zero-order valence-corrected chi connectivity index (χ0v) is 8.86. The number of nitrogens with zero attached hydrogens (tertiary/aromatic N) is 1. The van der Waals surface area contributed by atoms with Crippen molar-refractivity contribution >= 4 is 11.8 Å². The van der Waals surface area contributed by atoms with Gasteiger partial charge in [0, 0.05) is 18.3 Å². The van der Waals surface area contributed by atoms with E-state index in [0.717, 1.165) is 5.56 Å². The number of cyclic esters (lactones) is 1. The Morgan fingerprint density at radius 1 is 1.47 bits per heavy atom. The minimum absolute atomic E-state index is 0.305. The smallest absolute Gasteiger partial charge is 0.410 e. The SMILES string of the molecule is CN1C(=O)OCC1(C)c1ccccc1N. The molecule has 0 aliphatic carbocycles. The maximum Gasteiger partial charge on any atom is 0.410 e. The third kappa shape index (κ3) is 1.33. The first-order valence-corrected chi connectivity index (χ1v) is 4.81. The molecule has 80 valence electrons. The minimum atomic E-state index is -0.456. The van der Waals surface area contributed by atoms with Crippen LogP contribution in [0.15, 0.2) is 24.3 Å². The molecular weight excluding hydrogens is 192 g/mol. The van der Waals surface area contributed by atoms with Crippen molar-refractivity contribution < 1.29 is 9.53 Å². The van der Waals surface area contributed by atoms with Gasteiger partial charge in [-0.15, -0.1) is 0 Å². The minimum Gasteiger partial charge on any atom is -0.447 e. The van der Waals surface area contributed by atoms with Crippen molar-refractivity contribution in [1.29, 1.82) is 0 Å². The Labute approximate surface area is 88.6 Å². The van der Waals surface area contributed by atoms with Crippen LogP contribution < -0.4 is 5.73 Å². The van der Waals surface area contributed by atoms with Gasteiger partial charge in [-0.2, -0.15) is 0 Å². The molecule has 0 bridgehead atoms. The van der Waals surface area contributed by atoms with Crippen LogP contribution in [-0.4, -0.2) is 24.6 Å². The van der Waals surface area contributed by atoms with E-state index in [-0.39, 0.29) is 6.09 Å². The number of carbonyl (C=O) groups excluding carboxylic acids is 1. The quantitative estimate of drug-likeness (QED) is 0.709. The number of carbonyl (C=O) groups is 1. The van der Waals surface area contributed by atoms with Crippen LogP contribution in [0.4, 0.5) is 10.5 Å². The van der Waals surface area contributed by atoms with E-state index in [1.807, 2.05) is 31.2 Å². The number of hydrogen-bond donors (Lipinski definition) is 1. The molecule has 1 aromatic rings. The molecule has 1 amide bonds. The molecule has 2 N–H and O–H groups in total. The normalized spacial score (nSPS) is 25.5. The van der Waals surface area contributed by atoms with Gasteiger partial charge in [-0.05, 0) is 13.0 Å². The Morgan fingerprint density at radius 3 is 2.67 bits per heavy atom. The number of anilines is 1. The first kappa shape index (κ1) is 9.83. The maximum absolute atomic E-state index is 11.3. The highest BCUT2D eigenvalue weighted by atomic mass is 16.6. The largest absolute Gasteiger partial charge is 0.447 e. The van der Waals surface area contributed by atoms with Gasteiger partial charge in [0.15, 0.2) is 0 Å². The number of nitrogens with two attached hydrogens (primary N) is 1. The van der Waals surface area contributed by atoms with Gasteiger partial charge >= 0.3 is 6.09 Å². The summed E-state index contributed by atoms with van der Waals surface area (Å²) in [7, 11) is 1.72. The van der Waals surface area contributed by atoms with Crippen LogP contribution in [0.2, 0.25) is 0 Å². The van der Waals surface area contributed by atoms with Crippen molar-refractivity contribution in [2.45, 2.75) is 12.5 Å². The first-order chi connectivity index (χ1) is 7.05. The molecule has 1 heterocycles. The summed E-state index contributed by atoms with van der Waals surface area (Å²) in [5.41, 5.74) is 7.06. The second-order valence-corrected chi connectivity index (χ2v) is 3.97. The van der Waals surface area contributed by atoms with Crippen LogP contribution in [0.5, 0.6) is 0 Å². The first-order valence-electron chi connectivity index (χ1n) is 4.81. The van der Waals surface area contributed by atoms with Gasteiger partial charge in [0.2, 0.25) is 0 Å². The van der Waals surface area contributed by atoms with Crippen LogP contribution >= 0.6 is 0 Å². The number of nitrogen functional groups attached to an aromatic ring is 1. The Morgan fingerprint density at radius 2 is 2.13 bits per heavy atom. The Balaban J connectivity index is 2.47. The van der Waals surface area contributed by atoms with Crippen molar-refractivity contribution in [2.75, 3.05) is 19.4 Å². The number of para-hydroxylation sites is 1. The number of rotatable bonds is 1. The van der Waals surface area contributed by atoms with Crippen LogP contribution in [0.1, 0.15) is 12.5 Å². The molecule has 4 nitrogen and oxygen atoms in total. The van der Waals surface area contributed by atoms with Crippen molar-refractivity contribution in [1.82, 2.24) is 4.90 Å². The number of likely N-dealkylation sites (N-methyl/N-ethyl adjacent to an activating group) is 1. The highest BCUT2D eigenvalue weighted by Crippen LogP contribution is 2.35. The summed E-state index contributed by atoms with van der Waals surface area (Å²) in [6.07, 6.45) is -0.305. The van der Waals surface area contributed by atoms with Gasteiger partial charge in [0.25, 0.3) is 0 Å². The molecule has 0 aromatic heterocycles. The monoisotopic (exact) mass is 206 g/mol. The summed E-state index contributed by atoms with van der Waals surface area (Å²) in [5, 5.41) is 0. The second-order valence-electron chi connectivity index (χ2n) is 3.97. The fourth-order valence-corrected chi connectivity index (χ4v) is 1.84. The molecule has 1 fully saturated rings. The van der Waals surface area contributed by atoms with Gasteiger partial charge in [-0.25, -0.2) is 4.79 Å². The molecule has 1 aliphatic heterocycles. The zero-order chi connectivity index (χ0) is 11.1. The fourth-order valence-electron chi connectivity index (χ4n) is 1.84. The predicted molar refractivity (Wildman–Crippen MR) is 57.3 cm³/mol. The molecule has 0 saturated carbocycles. The maximum atomic E-state index is 11.3. The zero-order valence-electron chi connectivity index (χ0n) is 8.86. The van der Waals surface area contributed by atoms with E-state index in [0.29, 0.717) is 12.3 Å². The second kappa shape index (κ2) is 3.15. The molecule has 4 heteroatoms. The average Bonchev–Trinajstić information content (AvgIpc) is 2.48. The third-order valence-electron chi connectivity index (χ3n) is 3.03. The third-order valence-corrected chi connectivity index (χ3v) is 3.03. The molecule has 1 saturated heterocycles. The van der Waals surface area contributed by atoms with Crippen molar-refractivity contribution in [3.8, 4) is 0 Å². The van der Waals surface area contributed by atoms with Crippen LogP contribution in [0.25, 0.3) is 0 Å². The number of amides is 1. The molecule has 1 atom stereocenters. The molecule has 1 aliphatic rings. The van der Waals surface area contributed by atoms with Gasteiger partial charge in [0.1, 0.15) is 12.1 Å². The lowest BCUT2D eigenvalue weighted by molar-refractivity contribution is 0.162. The topological polar surface area (TPSA) is 55.6 Å². The Bertz CT molecular complexity index is 405. The summed E-state index contributed by atoms with van der Waals surface area (Å²) in [5.74, 6) is 0. The van der Waals surface area contributed by atoms with E-state index in [4.69, 9.17) is 10.5 Å². The van der Waals surface area contributed by atoms with Crippen molar-refractivity contribution in [3.05, 3.63) is 29.8 Å².